The van der Waals surface area contributed by atoms with Crippen LogP contribution < -0.4 is 4.74 Å². The van der Waals surface area contributed by atoms with Crippen molar-refractivity contribution in [2.45, 2.75) is 25.3 Å². The quantitative estimate of drug-likeness (QED) is 0.509. The fourth-order valence-corrected chi connectivity index (χ4v) is 4.63. The average molecular weight is 441 g/mol. The van der Waals surface area contributed by atoms with Crippen LogP contribution in [0.25, 0.3) is 0 Å². The monoisotopic (exact) mass is 440 g/mol. The lowest BCUT2D eigenvalue weighted by molar-refractivity contribution is -0.145. The number of nitrogens with zero attached hydrogens (tertiary/aromatic N) is 2. The number of benzene rings is 2. The molecule has 0 radical (unpaired) electrons. The number of carbonyl (C=O) groups excluding carboxylic acids is 1. The highest BCUT2D eigenvalue weighted by molar-refractivity contribution is 7.89. The molecule has 1 unspecified atom stereocenters. The highest BCUT2D eigenvalue weighted by atomic mass is 32.2. The third-order valence-corrected chi connectivity index (χ3v) is 6.51. The van der Waals surface area contributed by atoms with Gasteiger partial charge >= 0.3 is 5.97 Å². The zero-order valence-electron chi connectivity index (χ0n) is 17.4. The van der Waals surface area contributed by atoms with Gasteiger partial charge in [0.2, 0.25) is 0 Å². The van der Waals surface area contributed by atoms with E-state index < -0.39 is 22.0 Å². The Morgan fingerprint density at radius 3 is 2.58 bits per heavy atom. The second kappa shape index (κ2) is 10.1. The van der Waals surface area contributed by atoms with Gasteiger partial charge in [-0.15, -0.1) is 0 Å². The van der Waals surface area contributed by atoms with Gasteiger partial charge in [0.25, 0.3) is 10.0 Å². The maximum Gasteiger partial charge on any atom is 0.331 e. The molecule has 1 heterocycles. The first-order valence-corrected chi connectivity index (χ1v) is 11.4. The Morgan fingerprint density at radius 1 is 1.13 bits per heavy atom. The van der Waals surface area contributed by atoms with Crippen LogP contribution in [0.3, 0.4) is 0 Å². The number of ether oxygens (including phenoxy) is 2. The molecule has 1 atom stereocenters. The lowest BCUT2D eigenvalue weighted by Gasteiger charge is -2.28. The van der Waals surface area contributed by atoms with Gasteiger partial charge in [-0.25, -0.2) is 13.2 Å². The third-order valence-electron chi connectivity index (χ3n) is 4.87. The number of aryl methyl sites for hydroxylation is 1. The summed E-state index contributed by atoms with van der Waals surface area (Å²) in [6, 6.07) is 13.9. The second-order valence-corrected chi connectivity index (χ2v) is 8.83. The zero-order valence-corrected chi connectivity index (χ0v) is 18.3. The summed E-state index contributed by atoms with van der Waals surface area (Å²) in [4.78, 5) is 12.0. The summed E-state index contributed by atoms with van der Waals surface area (Å²) in [5.74, 6) is 6.16. The summed E-state index contributed by atoms with van der Waals surface area (Å²) in [6.45, 7) is 0. The predicted molar refractivity (Wildman–Crippen MR) is 118 cm³/mol. The lowest BCUT2D eigenvalue weighted by atomic mass is 10.1. The van der Waals surface area contributed by atoms with Crippen LogP contribution in [0.15, 0.2) is 53.6 Å². The largest absolute Gasteiger partial charge is 0.497 e. The lowest BCUT2D eigenvalue weighted by Crippen LogP contribution is -2.45. The topological polar surface area (TPSA) is 85.3 Å². The van der Waals surface area contributed by atoms with E-state index >= 15 is 0 Å². The fraction of sp³-hybridized carbons (Fsp3) is 0.304. The van der Waals surface area contributed by atoms with Crippen molar-refractivity contribution in [3.05, 3.63) is 65.2 Å². The Morgan fingerprint density at radius 2 is 1.87 bits per heavy atom. The van der Waals surface area contributed by atoms with Crippen molar-refractivity contribution in [1.29, 1.82) is 0 Å². The molecule has 0 saturated carbocycles. The van der Waals surface area contributed by atoms with E-state index in [-0.39, 0.29) is 12.2 Å². The maximum atomic E-state index is 12.9. The Labute approximate surface area is 182 Å². The molecule has 1 aliphatic heterocycles. The van der Waals surface area contributed by atoms with E-state index in [9.17, 15) is 13.2 Å². The first-order valence-electron chi connectivity index (χ1n) is 9.81. The molecule has 3 rings (SSSR count). The van der Waals surface area contributed by atoms with E-state index in [1.807, 2.05) is 48.5 Å². The molecule has 0 fully saturated rings. The Bertz CT molecular complexity index is 1110. The van der Waals surface area contributed by atoms with Crippen LogP contribution in [-0.4, -0.2) is 51.0 Å². The normalized spacial score (nSPS) is 15.7. The van der Waals surface area contributed by atoms with Gasteiger partial charge in [-0.05, 0) is 55.2 Å². The summed E-state index contributed by atoms with van der Waals surface area (Å²) >= 11 is 0. The molecule has 2 aromatic rings. The van der Waals surface area contributed by atoms with Crippen LogP contribution >= 0.6 is 0 Å². The van der Waals surface area contributed by atoms with Gasteiger partial charge < -0.3 is 9.47 Å². The van der Waals surface area contributed by atoms with Gasteiger partial charge in [0.15, 0.2) is 6.04 Å². The van der Waals surface area contributed by atoms with Crippen molar-refractivity contribution in [1.82, 2.24) is 4.41 Å². The van der Waals surface area contributed by atoms with E-state index in [2.05, 4.69) is 16.9 Å². The number of rotatable bonds is 6. The van der Waals surface area contributed by atoms with Crippen LogP contribution in [0.1, 0.15) is 29.5 Å². The fourth-order valence-electron chi connectivity index (χ4n) is 3.18. The van der Waals surface area contributed by atoms with Gasteiger partial charge in [-0.1, -0.05) is 30.0 Å². The average Bonchev–Trinajstić information content (AvgIpc) is 2.81. The maximum absolute atomic E-state index is 12.9. The molecule has 0 saturated heterocycles. The number of sulfonamides is 1. The van der Waals surface area contributed by atoms with Gasteiger partial charge in [-0.2, -0.15) is 9.52 Å². The van der Waals surface area contributed by atoms with Crippen molar-refractivity contribution in [2.24, 2.45) is 5.10 Å². The van der Waals surface area contributed by atoms with Gasteiger partial charge in [0.05, 0.1) is 20.0 Å². The summed E-state index contributed by atoms with van der Waals surface area (Å²) in [5.41, 5.74) is 2.38. The molecule has 0 bridgehead atoms. The Hall–Kier alpha value is -3.31. The third kappa shape index (κ3) is 5.64. The summed E-state index contributed by atoms with van der Waals surface area (Å²) < 4.78 is 36.6. The number of hydrogen-bond acceptors (Lipinski definition) is 6. The van der Waals surface area contributed by atoms with Crippen molar-refractivity contribution in [3.63, 3.8) is 0 Å². The van der Waals surface area contributed by atoms with Crippen LogP contribution in [0.5, 0.6) is 5.75 Å². The molecule has 1 aliphatic rings. The van der Waals surface area contributed by atoms with E-state index in [4.69, 9.17) is 9.47 Å². The van der Waals surface area contributed by atoms with E-state index in [0.29, 0.717) is 12.8 Å². The van der Waals surface area contributed by atoms with E-state index in [1.165, 1.54) is 13.3 Å². The van der Waals surface area contributed by atoms with Crippen molar-refractivity contribution in [2.75, 3.05) is 20.0 Å². The highest BCUT2D eigenvalue weighted by Crippen LogP contribution is 2.20. The molecule has 2 aromatic carbocycles. The summed E-state index contributed by atoms with van der Waals surface area (Å²) in [6.07, 6.45) is 2.62. The molecule has 0 N–H and O–H groups in total. The number of hydrogen-bond donors (Lipinski definition) is 0. The predicted octanol–water partition coefficient (Wildman–Crippen LogP) is 2.59. The van der Waals surface area contributed by atoms with Crippen molar-refractivity contribution in [3.8, 4) is 17.6 Å². The Balaban J connectivity index is 1.76. The van der Waals surface area contributed by atoms with Gasteiger partial charge in [-0.3, -0.25) is 0 Å². The number of methoxy groups -OCH3 is 2. The molecule has 0 amide bonds. The molecule has 8 heteroatoms. The van der Waals surface area contributed by atoms with Crippen LogP contribution in [-0.2, 0) is 26.0 Å². The Kier molecular flexibility index (Phi) is 7.32. The molecular formula is C23H24N2O5S. The second-order valence-electron chi connectivity index (χ2n) is 6.89. The molecule has 0 aromatic heterocycles. The summed E-state index contributed by atoms with van der Waals surface area (Å²) in [5, 5.41) is 3.96. The minimum Gasteiger partial charge on any atom is -0.497 e. The standard InChI is InChI=1S/C23H24N2O5S/c1-29-21-13-10-18(11-14-21)9-12-19-6-3-4-7-20(19)15-17-31(27,28)25-22(23(26)30-2)8-5-16-24-25/h3-4,6-7,10-11,13-14,16,22H,5,8,15,17H2,1-2H3. The van der Waals surface area contributed by atoms with Crippen molar-refractivity contribution >= 4 is 22.2 Å². The van der Waals surface area contributed by atoms with Crippen LogP contribution in [0.2, 0.25) is 0 Å². The van der Waals surface area contributed by atoms with Gasteiger partial charge in [0, 0.05) is 17.3 Å². The first-order chi connectivity index (χ1) is 14.9. The molecule has 0 aliphatic carbocycles. The van der Waals surface area contributed by atoms with E-state index in [1.54, 1.807) is 7.11 Å². The minimum atomic E-state index is -3.80. The van der Waals surface area contributed by atoms with Crippen LogP contribution in [0, 0.1) is 11.8 Å². The first kappa shape index (κ1) is 22.4. The van der Waals surface area contributed by atoms with Crippen molar-refractivity contribution < 1.29 is 22.7 Å². The SMILES string of the molecule is COC(=O)C1CCC=NN1S(=O)(=O)CCc1ccccc1C#Cc1ccc(OC)cc1. The molecule has 0 spiro atoms. The minimum absolute atomic E-state index is 0.195. The number of hydrazone groups is 1. The molecule has 7 nitrogen and oxygen atoms in total. The zero-order chi connectivity index (χ0) is 22.3. The van der Waals surface area contributed by atoms with Crippen LogP contribution in [0.4, 0.5) is 0 Å². The highest BCUT2D eigenvalue weighted by Gasteiger charge is 2.35. The summed E-state index contributed by atoms with van der Waals surface area (Å²) in [7, 11) is -0.961. The molecule has 162 valence electrons. The molecular weight excluding hydrogens is 416 g/mol. The smallest absolute Gasteiger partial charge is 0.331 e. The number of carbonyl (C=O) groups is 1. The molecule has 31 heavy (non-hydrogen) atoms. The number of esters is 1. The van der Waals surface area contributed by atoms with E-state index in [0.717, 1.165) is 26.9 Å². The van der Waals surface area contributed by atoms with Gasteiger partial charge in [0.1, 0.15) is 5.75 Å².